The van der Waals surface area contributed by atoms with Crippen LogP contribution in [-0.2, 0) is 0 Å². The van der Waals surface area contributed by atoms with E-state index in [1.807, 2.05) is 12.1 Å². The lowest BCUT2D eigenvalue weighted by Crippen LogP contribution is -2.09. The normalized spacial score (nSPS) is 11.3. The van der Waals surface area contributed by atoms with Crippen LogP contribution < -0.4 is 5.56 Å². The third kappa shape index (κ3) is 1.93. The highest BCUT2D eigenvalue weighted by Crippen LogP contribution is 2.24. The molecule has 4 rings (SSSR count). The SMILES string of the molecule is O=c1[nH]c(-c2cccnc2)nc2c1[nH]c1ncc(Br)cc12. The lowest BCUT2D eigenvalue weighted by Gasteiger charge is -2.00. The molecule has 4 heterocycles. The number of pyridine rings is 2. The van der Waals surface area contributed by atoms with Crippen LogP contribution in [0.5, 0.6) is 0 Å². The second-order valence-electron chi connectivity index (χ2n) is 4.55. The highest BCUT2D eigenvalue weighted by molar-refractivity contribution is 9.10. The van der Waals surface area contributed by atoms with Crippen molar-refractivity contribution >= 4 is 38.0 Å². The average molecular weight is 342 g/mol. The number of fused-ring (bicyclic) bond motifs is 3. The molecule has 7 heteroatoms. The summed E-state index contributed by atoms with van der Waals surface area (Å²) in [6, 6.07) is 5.54. The van der Waals surface area contributed by atoms with E-state index in [-0.39, 0.29) is 5.56 Å². The van der Waals surface area contributed by atoms with Gasteiger partial charge in [0.25, 0.3) is 5.56 Å². The summed E-state index contributed by atoms with van der Waals surface area (Å²) >= 11 is 3.38. The number of H-pyrrole nitrogens is 2. The molecule has 0 radical (unpaired) electrons. The van der Waals surface area contributed by atoms with Crippen LogP contribution in [0.1, 0.15) is 0 Å². The maximum absolute atomic E-state index is 12.2. The van der Waals surface area contributed by atoms with E-state index < -0.39 is 0 Å². The second-order valence-corrected chi connectivity index (χ2v) is 5.47. The molecule has 0 aliphatic rings. The number of nitrogens with zero attached hydrogens (tertiary/aromatic N) is 3. The minimum Gasteiger partial charge on any atom is -0.333 e. The van der Waals surface area contributed by atoms with E-state index in [1.165, 1.54) is 0 Å². The lowest BCUT2D eigenvalue weighted by atomic mass is 10.2. The Labute approximate surface area is 126 Å². The highest BCUT2D eigenvalue weighted by Gasteiger charge is 2.12. The Bertz CT molecular complexity index is 1020. The molecule has 4 aromatic rings. The Hall–Kier alpha value is -2.54. The van der Waals surface area contributed by atoms with Crippen molar-refractivity contribution in [2.24, 2.45) is 0 Å². The Kier molecular flexibility index (Phi) is 2.61. The first-order valence-electron chi connectivity index (χ1n) is 6.20. The molecule has 0 fully saturated rings. The van der Waals surface area contributed by atoms with E-state index in [4.69, 9.17) is 0 Å². The molecule has 6 nitrogen and oxygen atoms in total. The number of hydrogen-bond acceptors (Lipinski definition) is 4. The van der Waals surface area contributed by atoms with E-state index in [1.54, 1.807) is 24.7 Å². The van der Waals surface area contributed by atoms with Crippen LogP contribution in [-0.4, -0.2) is 24.9 Å². The minimum atomic E-state index is -0.229. The second kappa shape index (κ2) is 4.49. The molecule has 0 aromatic carbocycles. The minimum absolute atomic E-state index is 0.229. The van der Waals surface area contributed by atoms with Gasteiger partial charge in [-0.05, 0) is 34.1 Å². The van der Waals surface area contributed by atoms with Crippen LogP contribution in [0.3, 0.4) is 0 Å². The summed E-state index contributed by atoms with van der Waals surface area (Å²) in [5.74, 6) is 0.487. The summed E-state index contributed by atoms with van der Waals surface area (Å²) in [6.07, 6.45) is 5.01. The van der Waals surface area contributed by atoms with Crippen LogP contribution in [0, 0.1) is 0 Å². The zero-order valence-corrected chi connectivity index (χ0v) is 12.2. The number of nitrogens with one attached hydrogen (secondary N) is 2. The molecule has 0 unspecified atom stereocenters. The van der Waals surface area contributed by atoms with Crippen molar-refractivity contribution in [1.82, 2.24) is 24.9 Å². The Morgan fingerprint density at radius 1 is 1.19 bits per heavy atom. The molecule has 0 bridgehead atoms. The number of aromatic amines is 2. The van der Waals surface area contributed by atoms with Gasteiger partial charge in [-0.3, -0.25) is 9.78 Å². The Morgan fingerprint density at radius 3 is 2.90 bits per heavy atom. The Morgan fingerprint density at radius 2 is 2.10 bits per heavy atom. The lowest BCUT2D eigenvalue weighted by molar-refractivity contribution is 1.16. The number of halogens is 1. The summed E-state index contributed by atoms with van der Waals surface area (Å²) in [7, 11) is 0. The van der Waals surface area contributed by atoms with E-state index in [2.05, 4.69) is 40.8 Å². The number of rotatable bonds is 1. The fourth-order valence-electron chi connectivity index (χ4n) is 2.26. The smallest absolute Gasteiger partial charge is 0.275 e. The van der Waals surface area contributed by atoms with Gasteiger partial charge in [-0.15, -0.1) is 0 Å². The van der Waals surface area contributed by atoms with Crippen LogP contribution in [0.25, 0.3) is 33.5 Å². The maximum Gasteiger partial charge on any atom is 0.275 e. The molecule has 2 N–H and O–H groups in total. The number of hydrogen-bond donors (Lipinski definition) is 2. The van der Waals surface area contributed by atoms with Gasteiger partial charge >= 0.3 is 0 Å². The molecule has 0 aliphatic carbocycles. The summed E-state index contributed by atoms with van der Waals surface area (Å²) in [5, 5.41) is 0.801. The zero-order valence-electron chi connectivity index (χ0n) is 10.6. The first-order valence-corrected chi connectivity index (χ1v) is 6.99. The topological polar surface area (TPSA) is 87.3 Å². The van der Waals surface area contributed by atoms with Crippen LogP contribution in [0.4, 0.5) is 0 Å². The molecule has 0 saturated carbocycles. The van der Waals surface area contributed by atoms with Crippen molar-refractivity contribution in [3.63, 3.8) is 0 Å². The van der Waals surface area contributed by atoms with E-state index in [0.29, 0.717) is 22.5 Å². The van der Waals surface area contributed by atoms with Crippen LogP contribution >= 0.6 is 15.9 Å². The zero-order chi connectivity index (χ0) is 14.4. The fraction of sp³-hybridized carbons (Fsp3) is 0. The Balaban J connectivity index is 2.11. The third-order valence-corrected chi connectivity index (χ3v) is 3.64. The molecule has 0 aliphatic heterocycles. The molecule has 0 atom stereocenters. The van der Waals surface area contributed by atoms with Gasteiger partial charge in [-0.2, -0.15) is 0 Å². The fourth-order valence-corrected chi connectivity index (χ4v) is 2.59. The van der Waals surface area contributed by atoms with Crippen molar-refractivity contribution in [2.75, 3.05) is 0 Å². The predicted octanol–water partition coefficient (Wildman–Crippen LogP) is 2.62. The molecule has 0 spiro atoms. The van der Waals surface area contributed by atoms with Crippen molar-refractivity contribution < 1.29 is 0 Å². The monoisotopic (exact) mass is 341 g/mol. The van der Waals surface area contributed by atoms with Crippen molar-refractivity contribution in [3.05, 3.63) is 51.6 Å². The average Bonchev–Trinajstić information content (AvgIpc) is 2.87. The summed E-state index contributed by atoms with van der Waals surface area (Å²) in [5.41, 5.74) is 2.18. The van der Waals surface area contributed by atoms with Gasteiger partial charge < -0.3 is 9.97 Å². The molecular formula is C14H8BrN5O. The molecule has 102 valence electrons. The van der Waals surface area contributed by atoms with Crippen molar-refractivity contribution in [3.8, 4) is 11.4 Å². The highest BCUT2D eigenvalue weighted by atomic mass is 79.9. The molecule has 4 aromatic heterocycles. The molecule has 0 amide bonds. The molecule has 0 saturated heterocycles. The first kappa shape index (κ1) is 12.2. The van der Waals surface area contributed by atoms with Gasteiger partial charge in [0.1, 0.15) is 22.5 Å². The van der Waals surface area contributed by atoms with E-state index in [9.17, 15) is 4.79 Å². The van der Waals surface area contributed by atoms with Gasteiger partial charge in [0.2, 0.25) is 0 Å². The van der Waals surface area contributed by atoms with E-state index in [0.717, 1.165) is 15.4 Å². The maximum atomic E-state index is 12.2. The van der Waals surface area contributed by atoms with Crippen molar-refractivity contribution in [1.29, 1.82) is 0 Å². The summed E-state index contributed by atoms with van der Waals surface area (Å²) in [4.78, 5) is 30.9. The summed E-state index contributed by atoms with van der Waals surface area (Å²) < 4.78 is 0.834. The van der Waals surface area contributed by atoms with Crippen molar-refractivity contribution in [2.45, 2.75) is 0 Å². The van der Waals surface area contributed by atoms with Crippen LogP contribution in [0.15, 0.2) is 46.1 Å². The van der Waals surface area contributed by atoms with Gasteiger partial charge in [-0.1, -0.05) is 0 Å². The van der Waals surface area contributed by atoms with Gasteiger partial charge in [-0.25, -0.2) is 9.97 Å². The van der Waals surface area contributed by atoms with Gasteiger partial charge in [0, 0.05) is 34.0 Å². The largest absolute Gasteiger partial charge is 0.333 e. The number of aromatic nitrogens is 5. The predicted molar refractivity (Wildman–Crippen MR) is 82.9 cm³/mol. The third-order valence-electron chi connectivity index (χ3n) is 3.21. The quantitative estimate of drug-likeness (QED) is 0.557. The van der Waals surface area contributed by atoms with Crippen LogP contribution in [0.2, 0.25) is 0 Å². The summed E-state index contributed by atoms with van der Waals surface area (Å²) in [6.45, 7) is 0. The molecule has 21 heavy (non-hydrogen) atoms. The first-order chi connectivity index (χ1) is 10.2. The molecular weight excluding hydrogens is 334 g/mol. The van der Waals surface area contributed by atoms with Gasteiger partial charge in [0.05, 0.1) is 0 Å². The standard InChI is InChI=1S/C14H8BrN5O/c15-8-4-9-10-11(19-13(9)17-6-8)14(21)20-12(18-10)7-2-1-3-16-5-7/h1-6H,(H,17,19)(H,18,20,21). The van der Waals surface area contributed by atoms with E-state index >= 15 is 0 Å². The van der Waals surface area contributed by atoms with Gasteiger partial charge in [0.15, 0.2) is 0 Å².